The van der Waals surface area contributed by atoms with E-state index in [1.165, 1.54) is 17.7 Å². The van der Waals surface area contributed by atoms with Crippen LogP contribution in [0.3, 0.4) is 0 Å². The van der Waals surface area contributed by atoms with Gasteiger partial charge in [-0.05, 0) is 41.7 Å². The maximum absolute atomic E-state index is 13.2. The Hall–Kier alpha value is -2.69. The summed E-state index contributed by atoms with van der Waals surface area (Å²) in [4.78, 5) is 26.2. The highest BCUT2D eigenvalue weighted by Gasteiger charge is 2.22. The van der Waals surface area contributed by atoms with Gasteiger partial charge in [0.05, 0.1) is 5.92 Å². The van der Waals surface area contributed by atoms with Gasteiger partial charge < -0.3 is 9.64 Å². The lowest BCUT2D eigenvalue weighted by molar-refractivity contribution is -0.155. The summed E-state index contributed by atoms with van der Waals surface area (Å²) in [5.41, 5.74) is 3.13. The van der Waals surface area contributed by atoms with Crippen molar-refractivity contribution < 1.29 is 18.7 Å². The standard InChI is InChI=1S/C21H22FNO3/c1-15(11-16-5-4-8-19(22)12-16)21(25)26-14-20(24)23-10-9-17-6-2-3-7-18(17)13-23/h2-8,12,15H,9-11,13-14H2,1H3. The second-order valence-corrected chi connectivity index (χ2v) is 6.68. The second-order valence-electron chi connectivity index (χ2n) is 6.68. The van der Waals surface area contributed by atoms with E-state index in [9.17, 15) is 14.0 Å². The number of ether oxygens (including phenoxy) is 1. The van der Waals surface area contributed by atoms with Crippen LogP contribution in [0, 0.1) is 11.7 Å². The molecule has 0 aliphatic carbocycles. The molecule has 0 aromatic heterocycles. The summed E-state index contributed by atoms with van der Waals surface area (Å²) >= 11 is 0. The van der Waals surface area contributed by atoms with E-state index in [-0.39, 0.29) is 18.3 Å². The van der Waals surface area contributed by atoms with Gasteiger partial charge >= 0.3 is 5.97 Å². The summed E-state index contributed by atoms with van der Waals surface area (Å²) in [7, 11) is 0. The zero-order chi connectivity index (χ0) is 18.5. The van der Waals surface area contributed by atoms with Crippen molar-refractivity contribution in [3.05, 3.63) is 71.0 Å². The van der Waals surface area contributed by atoms with Crippen LogP contribution in [0.4, 0.5) is 4.39 Å². The molecule has 0 spiro atoms. The number of halogens is 1. The fourth-order valence-electron chi connectivity index (χ4n) is 3.18. The molecule has 1 heterocycles. The van der Waals surface area contributed by atoms with Gasteiger partial charge in [-0.2, -0.15) is 0 Å². The van der Waals surface area contributed by atoms with Crippen LogP contribution >= 0.6 is 0 Å². The molecule has 136 valence electrons. The molecule has 2 aromatic carbocycles. The van der Waals surface area contributed by atoms with Crippen molar-refractivity contribution in [1.82, 2.24) is 4.90 Å². The molecule has 1 aliphatic heterocycles. The van der Waals surface area contributed by atoms with Crippen LogP contribution in [0.2, 0.25) is 0 Å². The van der Waals surface area contributed by atoms with Crippen molar-refractivity contribution in [2.75, 3.05) is 13.2 Å². The normalized spacial score (nSPS) is 14.5. The molecule has 0 N–H and O–H groups in total. The Kier molecular flexibility index (Phi) is 5.66. The third-order valence-electron chi connectivity index (χ3n) is 4.65. The fourth-order valence-corrected chi connectivity index (χ4v) is 3.18. The first-order chi connectivity index (χ1) is 12.5. The van der Waals surface area contributed by atoms with Crippen molar-refractivity contribution >= 4 is 11.9 Å². The smallest absolute Gasteiger partial charge is 0.309 e. The molecule has 2 aromatic rings. The van der Waals surface area contributed by atoms with Crippen LogP contribution < -0.4 is 0 Å². The summed E-state index contributed by atoms with van der Waals surface area (Å²) in [5, 5.41) is 0. The van der Waals surface area contributed by atoms with E-state index in [0.29, 0.717) is 19.5 Å². The minimum Gasteiger partial charge on any atom is -0.455 e. The van der Waals surface area contributed by atoms with E-state index < -0.39 is 11.9 Å². The highest BCUT2D eigenvalue weighted by molar-refractivity contribution is 5.81. The van der Waals surface area contributed by atoms with Crippen molar-refractivity contribution in [1.29, 1.82) is 0 Å². The number of amides is 1. The van der Waals surface area contributed by atoms with Crippen LogP contribution in [0.1, 0.15) is 23.6 Å². The first-order valence-corrected chi connectivity index (χ1v) is 8.78. The summed E-state index contributed by atoms with van der Waals surface area (Å²) in [6.07, 6.45) is 1.19. The van der Waals surface area contributed by atoms with Crippen LogP contribution in [0.15, 0.2) is 48.5 Å². The Balaban J connectivity index is 1.49. The first kappa shape index (κ1) is 18.1. The largest absolute Gasteiger partial charge is 0.455 e. The average Bonchev–Trinajstić information content (AvgIpc) is 2.65. The highest BCUT2D eigenvalue weighted by atomic mass is 19.1. The molecular formula is C21H22FNO3. The molecule has 1 amide bonds. The second kappa shape index (κ2) is 8.13. The Morgan fingerprint density at radius 2 is 1.92 bits per heavy atom. The van der Waals surface area contributed by atoms with Gasteiger partial charge in [0.1, 0.15) is 5.82 Å². The monoisotopic (exact) mass is 355 g/mol. The summed E-state index contributed by atoms with van der Waals surface area (Å²) < 4.78 is 18.4. The molecule has 4 nitrogen and oxygen atoms in total. The maximum atomic E-state index is 13.2. The third kappa shape index (κ3) is 4.48. The minimum atomic E-state index is -0.444. The van der Waals surface area contributed by atoms with Crippen molar-refractivity contribution in [3.63, 3.8) is 0 Å². The van der Waals surface area contributed by atoms with Crippen molar-refractivity contribution in [2.24, 2.45) is 5.92 Å². The fraction of sp³-hybridized carbons (Fsp3) is 0.333. The van der Waals surface area contributed by atoms with E-state index >= 15 is 0 Å². The molecule has 5 heteroatoms. The quantitative estimate of drug-likeness (QED) is 0.774. The predicted molar refractivity (Wildman–Crippen MR) is 95.8 cm³/mol. The Bertz CT molecular complexity index is 805. The number of carbonyl (C=O) groups excluding carboxylic acids is 2. The van der Waals surface area contributed by atoms with Gasteiger partial charge in [0.2, 0.25) is 0 Å². The topological polar surface area (TPSA) is 46.6 Å². The van der Waals surface area contributed by atoms with Crippen molar-refractivity contribution in [3.8, 4) is 0 Å². The number of nitrogens with zero attached hydrogens (tertiary/aromatic N) is 1. The lowest BCUT2D eigenvalue weighted by atomic mass is 10.00. The molecule has 0 bridgehead atoms. The zero-order valence-corrected chi connectivity index (χ0v) is 14.8. The SMILES string of the molecule is CC(Cc1cccc(F)c1)C(=O)OCC(=O)N1CCc2ccccc2C1. The number of hydrogen-bond acceptors (Lipinski definition) is 3. The molecule has 0 saturated heterocycles. The average molecular weight is 355 g/mol. The summed E-state index contributed by atoms with van der Waals surface area (Å²) in [5.74, 6) is -1.40. The summed E-state index contributed by atoms with van der Waals surface area (Å²) in [6, 6.07) is 14.2. The minimum absolute atomic E-state index is 0.189. The van der Waals surface area contributed by atoms with Crippen LogP contribution in [-0.2, 0) is 33.7 Å². The molecule has 1 unspecified atom stereocenters. The van der Waals surface area contributed by atoms with Crippen LogP contribution in [0.5, 0.6) is 0 Å². The van der Waals surface area contributed by atoms with Gasteiger partial charge in [-0.1, -0.05) is 43.3 Å². The summed E-state index contributed by atoms with van der Waals surface area (Å²) in [6.45, 7) is 2.64. The highest BCUT2D eigenvalue weighted by Crippen LogP contribution is 2.18. The predicted octanol–water partition coefficient (Wildman–Crippen LogP) is 3.13. The van der Waals surface area contributed by atoms with Gasteiger partial charge in [-0.3, -0.25) is 9.59 Å². The molecule has 3 rings (SSSR count). The van der Waals surface area contributed by atoms with Crippen molar-refractivity contribution in [2.45, 2.75) is 26.3 Å². The van der Waals surface area contributed by atoms with Gasteiger partial charge in [0.15, 0.2) is 6.61 Å². The Morgan fingerprint density at radius 1 is 1.15 bits per heavy atom. The van der Waals surface area contributed by atoms with Gasteiger partial charge in [0, 0.05) is 13.1 Å². The maximum Gasteiger partial charge on any atom is 0.309 e. The number of benzene rings is 2. The molecule has 0 saturated carbocycles. The molecular weight excluding hydrogens is 333 g/mol. The Labute approximate surface area is 152 Å². The van der Waals surface area contributed by atoms with Gasteiger partial charge in [-0.15, -0.1) is 0 Å². The lowest BCUT2D eigenvalue weighted by Gasteiger charge is -2.28. The van der Waals surface area contributed by atoms with E-state index in [0.717, 1.165) is 17.5 Å². The molecule has 0 radical (unpaired) electrons. The molecule has 1 atom stereocenters. The number of hydrogen-bond donors (Lipinski definition) is 0. The number of rotatable bonds is 5. The zero-order valence-electron chi connectivity index (χ0n) is 14.8. The van der Waals surface area contributed by atoms with Gasteiger partial charge in [-0.25, -0.2) is 4.39 Å². The van der Waals surface area contributed by atoms with E-state index in [4.69, 9.17) is 4.74 Å². The number of carbonyl (C=O) groups is 2. The van der Waals surface area contributed by atoms with E-state index in [1.807, 2.05) is 18.2 Å². The third-order valence-corrected chi connectivity index (χ3v) is 4.65. The number of fused-ring (bicyclic) bond motifs is 1. The van der Waals surface area contributed by atoms with Gasteiger partial charge in [0.25, 0.3) is 5.91 Å². The first-order valence-electron chi connectivity index (χ1n) is 8.78. The lowest BCUT2D eigenvalue weighted by Crippen LogP contribution is -2.39. The molecule has 0 fully saturated rings. The number of esters is 1. The van der Waals surface area contributed by atoms with E-state index in [1.54, 1.807) is 24.0 Å². The van der Waals surface area contributed by atoms with E-state index in [2.05, 4.69) is 6.07 Å². The Morgan fingerprint density at radius 3 is 2.69 bits per heavy atom. The van der Waals surface area contributed by atoms with Crippen LogP contribution in [0.25, 0.3) is 0 Å². The molecule has 1 aliphatic rings. The van der Waals surface area contributed by atoms with Crippen LogP contribution in [-0.4, -0.2) is 29.9 Å². The molecule has 26 heavy (non-hydrogen) atoms.